The van der Waals surface area contributed by atoms with Crippen LogP contribution in [0.4, 0.5) is 0 Å². The Morgan fingerprint density at radius 3 is 2.47 bits per heavy atom. The summed E-state index contributed by atoms with van der Waals surface area (Å²) in [7, 11) is 0. The van der Waals surface area contributed by atoms with E-state index in [1.54, 1.807) is 0 Å². The fraction of sp³-hybridized carbons (Fsp3) is 0.692. The van der Waals surface area contributed by atoms with Gasteiger partial charge in [0.05, 0.1) is 0 Å². The van der Waals surface area contributed by atoms with Gasteiger partial charge in [0.2, 0.25) is 0 Å². The zero-order valence-corrected chi connectivity index (χ0v) is 11.3. The highest BCUT2D eigenvalue weighted by atomic mass is 32.1. The third-order valence-electron chi connectivity index (χ3n) is 3.18. The van der Waals surface area contributed by atoms with Gasteiger partial charge in [-0.2, -0.15) is 0 Å². The first-order valence-electron chi connectivity index (χ1n) is 5.68. The third kappa shape index (κ3) is 3.96. The van der Waals surface area contributed by atoms with E-state index in [9.17, 15) is 0 Å². The Morgan fingerprint density at radius 2 is 2.00 bits per heavy atom. The molecule has 1 N–H and O–H groups in total. The van der Waals surface area contributed by atoms with Crippen molar-refractivity contribution in [3.05, 3.63) is 22.4 Å². The van der Waals surface area contributed by atoms with Crippen molar-refractivity contribution in [2.45, 2.75) is 40.7 Å². The summed E-state index contributed by atoms with van der Waals surface area (Å²) in [5, 5.41) is 5.74. The van der Waals surface area contributed by atoms with Crippen LogP contribution in [0, 0.1) is 11.3 Å². The summed E-state index contributed by atoms with van der Waals surface area (Å²) in [6.45, 7) is 12.5. The van der Waals surface area contributed by atoms with Gasteiger partial charge < -0.3 is 5.32 Å². The van der Waals surface area contributed by atoms with Crippen molar-refractivity contribution in [3.63, 3.8) is 0 Å². The molecule has 0 fully saturated rings. The van der Waals surface area contributed by atoms with Gasteiger partial charge in [-0.3, -0.25) is 0 Å². The summed E-state index contributed by atoms with van der Waals surface area (Å²) in [5.74, 6) is 0.694. The maximum atomic E-state index is 3.60. The Morgan fingerprint density at radius 1 is 1.33 bits per heavy atom. The molecule has 0 aliphatic rings. The summed E-state index contributed by atoms with van der Waals surface area (Å²) in [5.41, 5.74) is 0.391. The molecule has 0 aliphatic carbocycles. The minimum atomic E-state index is 0.391. The van der Waals surface area contributed by atoms with E-state index in [0.29, 0.717) is 17.4 Å². The maximum Gasteiger partial charge on any atom is 0.0386 e. The van der Waals surface area contributed by atoms with Crippen LogP contribution in [0.2, 0.25) is 0 Å². The van der Waals surface area contributed by atoms with Crippen molar-refractivity contribution in [2.75, 3.05) is 6.54 Å². The van der Waals surface area contributed by atoms with Gasteiger partial charge in [-0.15, -0.1) is 11.3 Å². The monoisotopic (exact) mass is 225 g/mol. The van der Waals surface area contributed by atoms with E-state index < -0.39 is 0 Å². The number of nitrogens with one attached hydrogen (secondary N) is 1. The fourth-order valence-electron chi connectivity index (χ4n) is 1.30. The lowest BCUT2D eigenvalue weighted by atomic mass is 9.82. The van der Waals surface area contributed by atoms with Gasteiger partial charge in [0.15, 0.2) is 0 Å². The molecule has 86 valence electrons. The highest BCUT2D eigenvalue weighted by Crippen LogP contribution is 2.25. The summed E-state index contributed by atoms with van der Waals surface area (Å²) < 4.78 is 0. The second-order valence-electron chi connectivity index (χ2n) is 5.41. The molecule has 0 aliphatic heterocycles. The summed E-state index contributed by atoms with van der Waals surface area (Å²) in [4.78, 5) is 1.43. The Kier molecular flexibility index (Phi) is 4.35. The quantitative estimate of drug-likeness (QED) is 0.814. The highest BCUT2D eigenvalue weighted by Gasteiger charge is 2.20. The lowest BCUT2D eigenvalue weighted by molar-refractivity contribution is 0.247. The molecule has 15 heavy (non-hydrogen) atoms. The predicted molar refractivity (Wildman–Crippen MR) is 69.4 cm³/mol. The van der Waals surface area contributed by atoms with Gasteiger partial charge in [0.1, 0.15) is 0 Å². The lowest BCUT2D eigenvalue weighted by Crippen LogP contribution is -2.31. The smallest absolute Gasteiger partial charge is 0.0386 e. The van der Waals surface area contributed by atoms with Crippen LogP contribution in [-0.4, -0.2) is 6.54 Å². The van der Waals surface area contributed by atoms with Crippen LogP contribution >= 0.6 is 11.3 Å². The van der Waals surface area contributed by atoms with E-state index >= 15 is 0 Å². The average Bonchev–Trinajstić information content (AvgIpc) is 2.64. The van der Waals surface area contributed by atoms with Crippen molar-refractivity contribution in [3.8, 4) is 0 Å². The van der Waals surface area contributed by atoms with Crippen LogP contribution in [0.25, 0.3) is 0 Å². The molecule has 0 amide bonds. The van der Waals surface area contributed by atoms with Gasteiger partial charge >= 0.3 is 0 Å². The first kappa shape index (κ1) is 12.7. The third-order valence-corrected chi connectivity index (χ3v) is 4.23. The molecule has 1 heterocycles. The van der Waals surface area contributed by atoms with Crippen molar-refractivity contribution < 1.29 is 0 Å². The van der Waals surface area contributed by atoms with Crippen LogP contribution in [0.1, 0.15) is 45.5 Å². The highest BCUT2D eigenvalue weighted by molar-refractivity contribution is 7.10. The van der Waals surface area contributed by atoms with Gasteiger partial charge in [-0.25, -0.2) is 0 Å². The van der Waals surface area contributed by atoms with E-state index in [-0.39, 0.29) is 0 Å². The number of thiophene rings is 1. The molecule has 0 saturated carbocycles. The molecule has 1 rings (SSSR count). The van der Waals surface area contributed by atoms with Crippen molar-refractivity contribution in [2.24, 2.45) is 11.3 Å². The molecule has 0 saturated heterocycles. The largest absolute Gasteiger partial charge is 0.309 e. The van der Waals surface area contributed by atoms with E-state index in [0.717, 1.165) is 6.54 Å². The van der Waals surface area contributed by atoms with Crippen molar-refractivity contribution in [1.82, 2.24) is 5.32 Å². The van der Waals surface area contributed by atoms with Gasteiger partial charge in [-0.1, -0.05) is 33.8 Å². The number of rotatable bonds is 4. The van der Waals surface area contributed by atoms with Crippen LogP contribution in [0.5, 0.6) is 0 Å². The Bertz CT molecular complexity index is 271. The molecule has 2 atom stereocenters. The molecule has 0 aromatic carbocycles. The topological polar surface area (TPSA) is 12.0 Å². The van der Waals surface area contributed by atoms with Gasteiger partial charge in [0.25, 0.3) is 0 Å². The van der Waals surface area contributed by atoms with Crippen molar-refractivity contribution >= 4 is 11.3 Å². The molecule has 2 heteroatoms. The van der Waals surface area contributed by atoms with Crippen LogP contribution in [0.15, 0.2) is 17.5 Å². The Balaban J connectivity index is 2.38. The molecule has 1 aromatic rings. The Hall–Kier alpha value is -0.340. The SMILES string of the molecule is CC(NCC(C)C(C)(C)C)c1cccs1. The zero-order valence-electron chi connectivity index (χ0n) is 10.5. The van der Waals surface area contributed by atoms with Crippen LogP contribution in [-0.2, 0) is 0 Å². The van der Waals surface area contributed by atoms with Crippen LogP contribution < -0.4 is 5.32 Å². The number of hydrogen-bond donors (Lipinski definition) is 1. The second kappa shape index (κ2) is 5.13. The fourth-order valence-corrected chi connectivity index (χ4v) is 2.06. The normalized spacial score (nSPS) is 16.3. The number of hydrogen-bond acceptors (Lipinski definition) is 2. The van der Waals surface area contributed by atoms with Gasteiger partial charge in [-0.05, 0) is 36.2 Å². The molecular formula is C13H23NS. The van der Waals surface area contributed by atoms with Crippen LogP contribution in [0.3, 0.4) is 0 Å². The summed E-state index contributed by atoms with van der Waals surface area (Å²) in [6, 6.07) is 4.80. The van der Waals surface area contributed by atoms with E-state index in [1.165, 1.54) is 4.88 Å². The Labute approximate surface area is 97.9 Å². The molecule has 1 nitrogen and oxygen atoms in total. The second-order valence-corrected chi connectivity index (χ2v) is 6.39. The first-order valence-corrected chi connectivity index (χ1v) is 6.56. The summed E-state index contributed by atoms with van der Waals surface area (Å²) in [6.07, 6.45) is 0. The predicted octanol–water partition coefficient (Wildman–Crippen LogP) is 4.08. The maximum absolute atomic E-state index is 3.60. The molecule has 0 bridgehead atoms. The lowest BCUT2D eigenvalue weighted by Gasteiger charge is -2.28. The summed E-state index contributed by atoms with van der Waals surface area (Å²) >= 11 is 1.83. The first-order chi connectivity index (χ1) is 6.91. The molecule has 0 radical (unpaired) electrons. The zero-order chi connectivity index (χ0) is 11.5. The molecule has 2 unspecified atom stereocenters. The van der Waals surface area contributed by atoms with E-state index in [4.69, 9.17) is 0 Å². The molecule has 1 aromatic heterocycles. The molecular weight excluding hydrogens is 202 g/mol. The van der Waals surface area contributed by atoms with E-state index in [2.05, 4.69) is 57.4 Å². The standard InChI is InChI=1S/C13H23NS/c1-10(13(3,4)5)9-14-11(2)12-7-6-8-15-12/h6-8,10-11,14H,9H2,1-5H3. The van der Waals surface area contributed by atoms with E-state index in [1.807, 2.05) is 11.3 Å². The minimum Gasteiger partial charge on any atom is -0.309 e. The minimum absolute atomic E-state index is 0.391. The van der Waals surface area contributed by atoms with Crippen molar-refractivity contribution in [1.29, 1.82) is 0 Å². The van der Waals surface area contributed by atoms with Gasteiger partial charge in [0, 0.05) is 10.9 Å². The average molecular weight is 225 g/mol. The molecule has 0 spiro atoms.